The Bertz CT molecular complexity index is 812. The number of carbonyl (C=O) groups excluding carboxylic acids is 1. The summed E-state index contributed by atoms with van der Waals surface area (Å²) in [6, 6.07) is 7.82. The van der Waals surface area contributed by atoms with Crippen LogP contribution in [-0.2, 0) is 4.79 Å². The third kappa shape index (κ3) is 1.93. The van der Waals surface area contributed by atoms with Crippen LogP contribution in [0.15, 0.2) is 42.9 Å². The molecule has 0 atom stereocenters. The lowest BCUT2D eigenvalue weighted by atomic mass is 10.1. The highest BCUT2D eigenvalue weighted by atomic mass is 16.2. The standard InChI is InChI=1S/C16H16N4O/c1-16(6-7-16)15(21)19-14-11-5-9-17-12(11)3-4-13(14)20-10-2-8-18-20/h2-5,8-10,17H,6-7H2,1H3,(H,19,21). The second-order valence-electron chi connectivity index (χ2n) is 5.86. The van der Waals surface area contributed by atoms with E-state index in [4.69, 9.17) is 0 Å². The molecule has 4 rings (SSSR count). The molecule has 2 heterocycles. The molecule has 1 amide bonds. The van der Waals surface area contributed by atoms with Gasteiger partial charge in [0.25, 0.3) is 0 Å². The maximum absolute atomic E-state index is 12.4. The van der Waals surface area contributed by atoms with Gasteiger partial charge in [-0.1, -0.05) is 6.92 Å². The first-order valence-electron chi connectivity index (χ1n) is 7.09. The third-order valence-corrected chi connectivity index (χ3v) is 4.25. The van der Waals surface area contributed by atoms with E-state index in [0.29, 0.717) is 0 Å². The summed E-state index contributed by atoms with van der Waals surface area (Å²) in [5.41, 5.74) is 2.49. The lowest BCUT2D eigenvalue weighted by Gasteiger charge is -2.15. The number of benzene rings is 1. The summed E-state index contributed by atoms with van der Waals surface area (Å²) >= 11 is 0. The minimum atomic E-state index is -0.208. The molecule has 1 aliphatic rings. The Labute approximate surface area is 122 Å². The molecule has 0 spiro atoms. The largest absolute Gasteiger partial charge is 0.361 e. The average molecular weight is 280 g/mol. The van der Waals surface area contributed by atoms with Crippen LogP contribution in [0.25, 0.3) is 16.6 Å². The molecule has 3 aromatic rings. The minimum Gasteiger partial charge on any atom is -0.361 e. The zero-order valence-electron chi connectivity index (χ0n) is 11.8. The molecule has 0 bridgehead atoms. The second-order valence-corrected chi connectivity index (χ2v) is 5.86. The first kappa shape index (κ1) is 12.2. The Morgan fingerprint density at radius 1 is 1.38 bits per heavy atom. The fourth-order valence-corrected chi connectivity index (χ4v) is 2.53. The summed E-state index contributed by atoms with van der Waals surface area (Å²) < 4.78 is 1.78. The first-order chi connectivity index (χ1) is 10.2. The number of H-pyrrole nitrogens is 1. The predicted octanol–water partition coefficient (Wildman–Crippen LogP) is 3.09. The van der Waals surface area contributed by atoms with E-state index in [1.807, 2.05) is 43.6 Å². The first-order valence-corrected chi connectivity index (χ1v) is 7.09. The van der Waals surface area contributed by atoms with E-state index in [1.54, 1.807) is 10.9 Å². The average Bonchev–Trinajstić information content (AvgIpc) is 2.95. The molecule has 1 fully saturated rings. The van der Waals surface area contributed by atoms with Crippen LogP contribution in [0.4, 0.5) is 5.69 Å². The predicted molar refractivity (Wildman–Crippen MR) is 81.4 cm³/mol. The molecule has 5 heteroatoms. The van der Waals surface area contributed by atoms with E-state index >= 15 is 0 Å². The number of rotatable bonds is 3. The van der Waals surface area contributed by atoms with Crippen molar-refractivity contribution >= 4 is 22.5 Å². The molecule has 0 radical (unpaired) electrons. The lowest BCUT2D eigenvalue weighted by Crippen LogP contribution is -2.22. The second kappa shape index (κ2) is 4.22. The zero-order valence-corrected chi connectivity index (χ0v) is 11.8. The van der Waals surface area contributed by atoms with E-state index in [0.717, 1.165) is 35.1 Å². The Morgan fingerprint density at radius 2 is 2.24 bits per heavy atom. The van der Waals surface area contributed by atoms with Crippen LogP contribution in [0, 0.1) is 5.41 Å². The number of hydrogen-bond donors (Lipinski definition) is 2. The van der Waals surface area contributed by atoms with Crippen molar-refractivity contribution in [3.05, 3.63) is 42.9 Å². The number of fused-ring (bicyclic) bond motifs is 1. The molecule has 21 heavy (non-hydrogen) atoms. The number of aromatic nitrogens is 3. The van der Waals surface area contributed by atoms with Gasteiger partial charge in [0.2, 0.25) is 5.91 Å². The van der Waals surface area contributed by atoms with Crippen LogP contribution in [0.5, 0.6) is 0 Å². The molecule has 0 unspecified atom stereocenters. The van der Waals surface area contributed by atoms with Crippen molar-refractivity contribution in [1.29, 1.82) is 0 Å². The Morgan fingerprint density at radius 3 is 2.95 bits per heavy atom. The van der Waals surface area contributed by atoms with Crippen molar-refractivity contribution in [3.8, 4) is 5.69 Å². The number of amides is 1. The molecule has 0 aliphatic heterocycles. The molecule has 0 saturated heterocycles. The number of carbonyl (C=O) groups is 1. The molecule has 1 aliphatic carbocycles. The number of hydrogen-bond acceptors (Lipinski definition) is 2. The summed E-state index contributed by atoms with van der Waals surface area (Å²) in [7, 11) is 0. The summed E-state index contributed by atoms with van der Waals surface area (Å²) in [5.74, 6) is 0.0876. The van der Waals surface area contributed by atoms with Crippen molar-refractivity contribution in [3.63, 3.8) is 0 Å². The molecule has 106 valence electrons. The maximum Gasteiger partial charge on any atom is 0.230 e. The van der Waals surface area contributed by atoms with E-state index in [-0.39, 0.29) is 11.3 Å². The van der Waals surface area contributed by atoms with Crippen molar-refractivity contribution in [1.82, 2.24) is 14.8 Å². The Balaban J connectivity index is 1.85. The fraction of sp³-hybridized carbons (Fsp3) is 0.250. The Kier molecular flexibility index (Phi) is 2.45. The van der Waals surface area contributed by atoms with Crippen LogP contribution in [0.1, 0.15) is 19.8 Å². The zero-order chi connectivity index (χ0) is 14.4. The summed E-state index contributed by atoms with van der Waals surface area (Å²) in [5, 5.41) is 8.39. The molecule has 2 N–H and O–H groups in total. The van der Waals surface area contributed by atoms with Gasteiger partial charge >= 0.3 is 0 Å². The topological polar surface area (TPSA) is 62.7 Å². The van der Waals surface area contributed by atoms with Gasteiger partial charge in [0.15, 0.2) is 0 Å². The van der Waals surface area contributed by atoms with Gasteiger partial charge < -0.3 is 10.3 Å². The van der Waals surface area contributed by atoms with Gasteiger partial charge in [-0.25, -0.2) is 4.68 Å². The minimum absolute atomic E-state index is 0.0876. The summed E-state index contributed by atoms with van der Waals surface area (Å²) in [6.07, 6.45) is 7.40. The van der Waals surface area contributed by atoms with Crippen LogP contribution >= 0.6 is 0 Å². The monoisotopic (exact) mass is 280 g/mol. The van der Waals surface area contributed by atoms with Crippen molar-refractivity contribution in [2.45, 2.75) is 19.8 Å². The third-order valence-electron chi connectivity index (χ3n) is 4.25. The van der Waals surface area contributed by atoms with Crippen LogP contribution in [0.2, 0.25) is 0 Å². The summed E-state index contributed by atoms with van der Waals surface area (Å²) in [4.78, 5) is 15.6. The van der Waals surface area contributed by atoms with Crippen molar-refractivity contribution in [2.75, 3.05) is 5.32 Å². The number of aromatic amines is 1. The number of nitrogens with one attached hydrogen (secondary N) is 2. The quantitative estimate of drug-likeness (QED) is 0.774. The van der Waals surface area contributed by atoms with Gasteiger partial charge in [-0.3, -0.25) is 4.79 Å². The molecule has 1 aromatic carbocycles. The van der Waals surface area contributed by atoms with E-state index in [2.05, 4.69) is 15.4 Å². The van der Waals surface area contributed by atoms with E-state index in [1.165, 1.54) is 0 Å². The SMILES string of the molecule is CC1(C(=O)Nc2c(-n3cccn3)ccc3[nH]ccc23)CC1. The smallest absolute Gasteiger partial charge is 0.230 e. The molecular formula is C16H16N4O. The van der Waals surface area contributed by atoms with Crippen LogP contribution in [0.3, 0.4) is 0 Å². The molecule has 2 aromatic heterocycles. The van der Waals surface area contributed by atoms with Crippen LogP contribution in [-0.4, -0.2) is 20.7 Å². The van der Waals surface area contributed by atoms with E-state index in [9.17, 15) is 4.79 Å². The van der Waals surface area contributed by atoms with Crippen molar-refractivity contribution < 1.29 is 4.79 Å². The number of anilines is 1. The van der Waals surface area contributed by atoms with Gasteiger partial charge in [0.1, 0.15) is 0 Å². The van der Waals surface area contributed by atoms with Gasteiger partial charge in [-0.2, -0.15) is 5.10 Å². The normalized spacial score (nSPS) is 16.0. The Hall–Kier alpha value is -2.56. The maximum atomic E-state index is 12.4. The highest BCUT2D eigenvalue weighted by molar-refractivity contribution is 6.06. The molecule has 1 saturated carbocycles. The highest BCUT2D eigenvalue weighted by Gasteiger charge is 2.45. The van der Waals surface area contributed by atoms with E-state index < -0.39 is 0 Å². The summed E-state index contributed by atoms with van der Waals surface area (Å²) in [6.45, 7) is 2.01. The molecular weight excluding hydrogens is 264 g/mol. The van der Waals surface area contributed by atoms with Crippen molar-refractivity contribution in [2.24, 2.45) is 5.41 Å². The van der Waals surface area contributed by atoms with Gasteiger partial charge in [0, 0.05) is 34.9 Å². The number of nitrogens with zero attached hydrogens (tertiary/aromatic N) is 2. The van der Waals surface area contributed by atoms with Gasteiger partial charge in [-0.05, 0) is 37.1 Å². The van der Waals surface area contributed by atoms with Gasteiger partial charge in [-0.15, -0.1) is 0 Å². The highest BCUT2D eigenvalue weighted by Crippen LogP contribution is 2.46. The molecule has 5 nitrogen and oxygen atoms in total. The lowest BCUT2D eigenvalue weighted by molar-refractivity contribution is -0.120. The van der Waals surface area contributed by atoms with Crippen LogP contribution < -0.4 is 5.32 Å². The fourth-order valence-electron chi connectivity index (χ4n) is 2.53. The van der Waals surface area contributed by atoms with Gasteiger partial charge in [0.05, 0.1) is 11.4 Å².